The van der Waals surface area contributed by atoms with E-state index in [1.54, 1.807) is 16.8 Å². The Morgan fingerprint density at radius 3 is 2.55 bits per heavy atom. The molecular weight excluding hydrogens is 857 g/mol. The van der Waals surface area contributed by atoms with Crippen molar-refractivity contribution in [3.63, 3.8) is 0 Å². The number of pyridine rings is 1. The number of aryl methyl sites for hydroxylation is 2. The van der Waals surface area contributed by atoms with E-state index in [4.69, 9.17) is 12.2 Å². The average Bonchev–Trinajstić information content (AvgIpc) is 4.02. The molecule has 0 unspecified atom stereocenters. The number of benzene rings is 2. The Balaban J connectivity index is 0.783. The number of aromatic amines is 1. The summed E-state index contributed by atoms with van der Waals surface area (Å²) in [4.78, 5) is 51.4. The first-order chi connectivity index (χ1) is 31.4. The first kappa shape index (κ1) is 43.5. The van der Waals surface area contributed by atoms with Crippen molar-refractivity contribution >= 4 is 45.2 Å². The number of aliphatic hydroxyl groups is 1. The Morgan fingerprint density at radius 1 is 1.00 bits per heavy atom. The molecule has 2 aromatic carbocycles. The Morgan fingerprint density at radius 2 is 1.78 bits per heavy atom. The largest absolute Gasteiger partial charge is 0.388 e. The number of thiophene rings is 1. The maximum atomic E-state index is 13.7. The quantitative estimate of drug-likeness (QED) is 0.0704. The summed E-state index contributed by atoms with van der Waals surface area (Å²) in [6.45, 7) is 8.49. The highest BCUT2D eigenvalue weighted by Gasteiger charge is 2.35. The van der Waals surface area contributed by atoms with Gasteiger partial charge >= 0.3 is 0 Å². The summed E-state index contributed by atoms with van der Waals surface area (Å²) in [5.74, 6) is 7.06. The first-order valence-electron chi connectivity index (χ1n) is 21.6. The van der Waals surface area contributed by atoms with Crippen LogP contribution in [0.3, 0.4) is 0 Å². The molecule has 3 N–H and O–H groups in total. The lowest BCUT2D eigenvalue weighted by Gasteiger charge is -2.38. The van der Waals surface area contributed by atoms with Gasteiger partial charge in [0.25, 0.3) is 11.1 Å². The minimum Gasteiger partial charge on any atom is -0.388 e. The van der Waals surface area contributed by atoms with Gasteiger partial charge in [0, 0.05) is 54.5 Å². The molecule has 0 radical (unpaired) electrons. The van der Waals surface area contributed by atoms with E-state index < -0.39 is 5.60 Å². The lowest BCUT2D eigenvalue weighted by atomic mass is 9.90. The van der Waals surface area contributed by atoms with Crippen LogP contribution in [0.15, 0.2) is 113 Å². The molecule has 8 aromatic rings. The number of aromatic nitrogens is 8. The molecule has 0 saturated carbocycles. The number of H-pyrrole nitrogens is 1. The zero-order chi connectivity index (χ0) is 45.2. The molecule has 6 aromatic heterocycles. The topological polar surface area (TPSA) is 160 Å². The lowest BCUT2D eigenvalue weighted by molar-refractivity contribution is -0.136. The summed E-state index contributed by atoms with van der Waals surface area (Å²) < 4.78 is 6.72. The van der Waals surface area contributed by atoms with Crippen molar-refractivity contribution in [1.29, 1.82) is 0 Å². The molecule has 1 fully saturated rings. The van der Waals surface area contributed by atoms with Gasteiger partial charge in [0.1, 0.15) is 22.5 Å². The van der Waals surface area contributed by atoms with Crippen molar-refractivity contribution in [2.45, 2.75) is 71.2 Å². The predicted molar refractivity (Wildman–Crippen MR) is 255 cm³/mol. The van der Waals surface area contributed by atoms with Crippen molar-refractivity contribution in [2.75, 3.05) is 19.6 Å². The molecule has 1 atom stereocenters. The van der Waals surface area contributed by atoms with E-state index >= 15 is 0 Å². The summed E-state index contributed by atoms with van der Waals surface area (Å²) in [6, 6.07) is 25.5. The maximum absolute atomic E-state index is 13.7. The van der Waals surface area contributed by atoms with Crippen molar-refractivity contribution < 1.29 is 9.90 Å². The van der Waals surface area contributed by atoms with Crippen LogP contribution in [0.25, 0.3) is 32.8 Å². The summed E-state index contributed by atoms with van der Waals surface area (Å²) in [7, 11) is 0. The Labute approximate surface area is 383 Å². The molecule has 16 heteroatoms. The van der Waals surface area contributed by atoms with E-state index in [9.17, 15) is 19.5 Å². The standard InChI is InChI=1S/C49H48N10O4S2/c1-32-17-21-51-42(24-32)58-47(62)44-39(34(3)65-45(44)54-48(58)64)10-7-20-50-26-36-27-52-57(29-36)28-35-11-13-38(14-12-35)40-15-16-41-46(61)56(31-53-59(40)41)30-49(63)18-22-55(23-19-49)43(60)25-33(2)37-8-5-4-6-9-37/h4-6,8-9,11-17,21,24,27,29,31,33,50,63H,18-20,22-23,25-26,28,30H2,1-3H3,(H,54,64)/t33-/m1/s1. The third-order valence-corrected chi connectivity index (χ3v) is 13.4. The second-order valence-corrected chi connectivity index (χ2v) is 18.5. The molecule has 65 heavy (non-hydrogen) atoms. The van der Waals surface area contributed by atoms with Gasteiger partial charge in [-0.15, -0.1) is 11.3 Å². The van der Waals surface area contributed by atoms with Gasteiger partial charge in [-0.05, 0) is 85.8 Å². The van der Waals surface area contributed by atoms with Gasteiger partial charge < -0.3 is 20.3 Å². The first-order valence-corrected chi connectivity index (χ1v) is 22.8. The monoisotopic (exact) mass is 904 g/mol. The van der Waals surface area contributed by atoms with Crippen molar-refractivity contribution in [1.82, 2.24) is 48.7 Å². The number of hydrogen-bond acceptors (Lipinski definition) is 10. The molecule has 0 spiro atoms. The van der Waals surface area contributed by atoms with Crippen LogP contribution in [0.1, 0.15) is 64.8 Å². The number of hydrogen-bond donors (Lipinski definition) is 3. The van der Waals surface area contributed by atoms with Gasteiger partial charge in [-0.25, -0.2) is 14.1 Å². The SMILES string of the molecule is Cc1ccnc(-n2c(=S)[nH]c3sc(C)c(C#CCNCc4cnn(Cc5ccc(-c6ccc7c(=O)n(CC8(O)CCN(C(=O)C[C@@H](C)c9ccccc9)CC8)cnn67)cc5)c4)c3c2=O)c1. The second-order valence-electron chi connectivity index (χ2n) is 16.8. The molecule has 1 saturated heterocycles. The lowest BCUT2D eigenvalue weighted by Crippen LogP contribution is -2.49. The number of likely N-dealkylation sites (tertiary alicyclic amines) is 1. The Hall–Kier alpha value is -6.77. The predicted octanol–water partition coefficient (Wildman–Crippen LogP) is 6.53. The highest BCUT2D eigenvalue weighted by molar-refractivity contribution is 7.71. The van der Waals surface area contributed by atoms with Crippen LogP contribution < -0.4 is 16.4 Å². The molecule has 14 nitrogen and oxygen atoms in total. The van der Waals surface area contributed by atoms with Crippen LogP contribution in [-0.4, -0.2) is 79.6 Å². The maximum Gasteiger partial charge on any atom is 0.277 e. The van der Waals surface area contributed by atoms with Crippen LogP contribution in [0.4, 0.5) is 0 Å². The highest BCUT2D eigenvalue weighted by atomic mass is 32.1. The molecule has 1 amide bonds. The summed E-state index contributed by atoms with van der Waals surface area (Å²) >= 11 is 6.99. The molecule has 330 valence electrons. The number of carbonyl (C=O) groups is 1. The minimum atomic E-state index is -1.12. The fourth-order valence-corrected chi connectivity index (χ4v) is 9.79. The summed E-state index contributed by atoms with van der Waals surface area (Å²) in [5.41, 5.74) is 5.37. The molecular formula is C49H48N10O4S2. The number of nitrogens with zero attached hydrogens (tertiary/aromatic N) is 8. The number of rotatable bonds is 12. The second kappa shape index (κ2) is 18.4. The van der Waals surface area contributed by atoms with Gasteiger partial charge in [0.15, 0.2) is 4.77 Å². The molecule has 1 aliphatic rings. The van der Waals surface area contributed by atoms with Gasteiger partial charge in [0.05, 0.1) is 48.1 Å². The third-order valence-electron chi connectivity index (χ3n) is 12.1. The average molecular weight is 905 g/mol. The van der Waals surface area contributed by atoms with Gasteiger partial charge in [-0.1, -0.05) is 73.4 Å². The smallest absolute Gasteiger partial charge is 0.277 e. The number of carbonyl (C=O) groups excluding carboxylic acids is 1. The van der Waals surface area contributed by atoms with Crippen LogP contribution in [0, 0.1) is 30.5 Å². The number of nitrogens with one attached hydrogen (secondary N) is 2. The molecule has 7 heterocycles. The van der Waals surface area contributed by atoms with Gasteiger partial charge in [0.2, 0.25) is 5.91 Å². The number of amides is 1. The fraction of sp³-hybridized carbons (Fsp3) is 0.286. The van der Waals surface area contributed by atoms with Crippen LogP contribution in [0.5, 0.6) is 0 Å². The number of fused-ring (bicyclic) bond motifs is 2. The fourth-order valence-electron chi connectivity index (χ4n) is 8.45. The molecule has 0 aliphatic carbocycles. The minimum absolute atomic E-state index is 0.0788. The molecule has 9 rings (SSSR count). The van der Waals surface area contributed by atoms with E-state index in [0.29, 0.717) is 83.9 Å². The van der Waals surface area contributed by atoms with E-state index in [-0.39, 0.29) is 29.5 Å². The van der Waals surface area contributed by atoms with Gasteiger partial charge in [-0.2, -0.15) is 10.2 Å². The van der Waals surface area contributed by atoms with Crippen molar-refractivity contribution in [3.8, 4) is 28.9 Å². The zero-order valence-electron chi connectivity index (χ0n) is 36.3. The van der Waals surface area contributed by atoms with E-state index in [1.807, 2.05) is 109 Å². The van der Waals surface area contributed by atoms with E-state index in [0.717, 1.165) is 38.4 Å². The van der Waals surface area contributed by atoms with Crippen LogP contribution in [0.2, 0.25) is 0 Å². The van der Waals surface area contributed by atoms with E-state index in [2.05, 4.69) is 44.2 Å². The van der Waals surface area contributed by atoms with E-state index in [1.165, 1.54) is 26.8 Å². The molecule has 0 bridgehead atoms. The Bertz CT molecular complexity index is 3290. The summed E-state index contributed by atoms with van der Waals surface area (Å²) in [6.07, 6.45) is 8.16. The zero-order valence-corrected chi connectivity index (χ0v) is 38.0. The number of piperidine rings is 1. The highest BCUT2D eigenvalue weighted by Crippen LogP contribution is 2.29. The van der Waals surface area contributed by atoms with Gasteiger partial charge in [-0.3, -0.25) is 23.6 Å². The molecule has 1 aliphatic heterocycles. The third kappa shape index (κ3) is 9.27. The van der Waals surface area contributed by atoms with Crippen LogP contribution in [-0.2, 0) is 24.4 Å². The normalized spacial score (nSPS) is 14.1. The van der Waals surface area contributed by atoms with Crippen molar-refractivity contribution in [3.05, 3.63) is 162 Å². The Kier molecular flexibility index (Phi) is 12.3. The van der Waals surface area contributed by atoms with Crippen LogP contribution >= 0.6 is 23.6 Å². The summed E-state index contributed by atoms with van der Waals surface area (Å²) in [5, 5.41) is 24.6. The van der Waals surface area contributed by atoms with Crippen molar-refractivity contribution in [2.24, 2.45) is 0 Å².